The second-order valence-corrected chi connectivity index (χ2v) is 7.21. The molecule has 1 aliphatic rings. The highest BCUT2D eigenvalue weighted by Gasteiger charge is 2.15. The molecule has 1 aliphatic heterocycles. The van der Waals surface area contributed by atoms with Crippen LogP contribution >= 0.6 is 0 Å². The highest BCUT2D eigenvalue weighted by molar-refractivity contribution is 7.90. The van der Waals surface area contributed by atoms with Crippen molar-refractivity contribution in [1.82, 2.24) is 5.32 Å². The van der Waals surface area contributed by atoms with Crippen molar-refractivity contribution in [2.75, 3.05) is 13.1 Å². The number of nitrogens with one attached hydrogen (secondary N) is 1. The summed E-state index contributed by atoms with van der Waals surface area (Å²) in [7, 11) is -3.28. The molecule has 1 heterocycles. The van der Waals surface area contributed by atoms with Crippen LogP contribution < -0.4 is 5.32 Å². The van der Waals surface area contributed by atoms with Crippen molar-refractivity contribution < 1.29 is 8.42 Å². The van der Waals surface area contributed by atoms with Gasteiger partial charge in [0.05, 0.1) is 10.6 Å². The van der Waals surface area contributed by atoms with Crippen LogP contribution in [0.3, 0.4) is 0 Å². The van der Waals surface area contributed by atoms with Gasteiger partial charge in [0.1, 0.15) is 0 Å². The van der Waals surface area contributed by atoms with E-state index in [1.165, 1.54) is 5.57 Å². The number of hydrogen-bond acceptors (Lipinski definition) is 3. The van der Waals surface area contributed by atoms with Crippen molar-refractivity contribution in [3.8, 4) is 0 Å². The van der Waals surface area contributed by atoms with Crippen LogP contribution in [-0.4, -0.2) is 21.5 Å². The molecular formula is C17H17NO2S. The third kappa shape index (κ3) is 3.40. The van der Waals surface area contributed by atoms with Gasteiger partial charge in [0.25, 0.3) is 0 Å². The Morgan fingerprint density at radius 3 is 2.19 bits per heavy atom. The summed E-state index contributed by atoms with van der Waals surface area (Å²) in [6, 6.07) is 16.4. The van der Waals surface area contributed by atoms with E-state index in [0.29, 0.717) is 4.90 Å². The van der Waals surface area contributed by atoms with Crippen molar-refractivity contribution in [3.63, 3.8) is 0 Å². The van der Waals surface area contributed by atoms with Crippen LogP contribution in [0.25, 0.3) is 6.08 Å². The molecule has 1 fully saturated rings. The van der Waals surface area contributed by atoms with Crippen LogP contribution in [-0.2, 0) is 15.6 Å². The van der Waals surface area contributed by atoms with Gasteiger partial charge in [-0.3, -0.25) is 0 Å². The fourth-order valence-electron chi connectivity index (χ4n) is 2.26. The molecule has 0 aliphatic carbocycles. The van der Waals surface area contributed by atoms with E-state index in [2.05, 4.69) is 11.4 Å². The molecule has 1 saturated heterocycles. The predicted octanol–water partition coefficient (Wildman–Crippen LogP) is 2.65. The molecule has 0 amide bonds. The summed E-state index contributed by atoms with van der Waals surface area (Å²) in [6.45, 7) is 1.85. The Morgan fingerprint density at radius 1 is 0.952 bits per heavy atom. The van der Waals surface area contributed by atoms with E-state index in [0.717, 1.165) is 24.2 Å². The van der Waals surface area contributed by atoms with Gasteiger partial charge >= 0.3 is 0 Å². The van der Waals surface area contributed by atoms with Crippen LogP contribution in [0.15, 0.2) is 65.1 Å². The standard InChI is InChI=1S/C17H17NO2S/c19-21(20,13-15-4-2-1-3-5-15)17-8-6-14(7-9-17)10-16-11-18-12-16/h1-10,18H,11-13H2. The van der Waals surface area contributed by atoms with Gasteiger partial charge in [0, 0.05) is 13.1 Å². The first kappa shape index (κ1) is 14.0. The van der Waals surface area contributed by atoms with Crippen molar-refractivity contribution in [3.05, 3.63) is 71.3 Å². The highest BCUT2D eigenvalue weighted by atomic mass is 32.2. The van der Waals surface area contributed by atoms with Gasteiger partial charge in [-0.05, 0) is 28.8 Å². The van der Waals surface area contributed by atoms with Crippen molar-refractivity contribution >= 4 is 15.9 Å². The van der Waals surface area contributed by atoms with E-state index in [4.69, 9.17) is 0 Å². The minimum atomic E-state index is -3.28. The highest BCUT2D eigenvalue weighted by Crippen LogP contribution is 2.18. The smallest absolute Gasteiger partial charge is 0.182 e. The van der Waals surface area contributed by atoms with E-state index >= 15 is 0 Å². The lowest BCUT2D eigenvalue weighted by molar-refractivity contribution is 0.595. The second kappa shape index (κ2) is 5.84. The van der Waals surface area contributed by atoms with Gasteiger partial charge in [-0.2, -0.15) is 0 Å². The Labute approximate surface area is 125 Å². The molecule has 0 unspecified atom stereocenters. The average Bonchev–Trinajstić information content (AvgIpc) is 2.44. The van der Waals surface area contributed by atoms with Gasteiger partial charge in [0.2, 0.25) is 0 Å². The van der Waals surface area contributed by atoms with E-state index in [-0.39, 0.29) is 5.75 Å². The molecule has 1 N–H and O–H groups in total. The third-order valence-electron chi connectivity index (χ3n) is 3.51. The van der Waals surface area contributed by atoms with E-state index in [9.17, 15) is 8.42 Å². The third-order valence-corrected chi connectivity index (χ3v) is 5.22. The van der Waals surface area contributed by atoms with Gasteiger partial charge < -0.3 is 5.32 Å². The van der Waals surface area contributed by atoms with Gasteiger partial charge in [0.15, 0.2) is 9.84 Å². The quantitative estimate of drug-likeness (QED) is 0.944. The Kier molecular flexibility index (Phi) is 3.90. The molecule has 0 aromatic heterocycles. The molecule has 0 atom stereocenters. The largest absolute Gasteiger partial charge is 0.309 e. The SMILES string of the molecule is O=S(=O)(Cc1ccccc1)c1ccc(C=C2CNC2)cc1. The topological polar surface area (TPSA) is 46.2 Å². The lowest BCUT2D eigenvalue weighted by Crippen LogP contribution is -2.33. The first-order valence-electron chi connectivity index (χ1n) is 6.90. The van der Waals surface area contributed by atoms with Crippen molar-refractivity contribution in [1.29, 1.82) is 0 Å². The van der Waals surface area contributed by atoms with Gasteiger partial charge in [-0.25, -0.2) is 8.42 Å². The molecule has 108 valence electrons. The fourth-order valence-corrected chi connectivity index (χ4v) is 3.60. The van der Waals surface area contributed by atoms with Crippen LogP contribution in [0, 0.1) is 0 Å². The summed E-state index contributed by atoms with van der Waals surface area (Å²) < 4.78 is 24.8. The monoisotopic (exact) mass is 299 g/mol. The Morgan fingerprint density at radius 2 is 1.62 bits per heavy atom. The molecular weight excluding hydrogens is 282 g/mol. The molecule has 0 radical (unpaired) electrons. The summed E-state index contributed by atoms with van der Waals surface area (Å²) in [5.41, 5.74) is 3.20. The Hall–Kier alpha value is -1.91. The minimum absolute atomic E-state index is 0.0399. The number of hydrogen-bond donors (Lipinski definition) is 1. The summed E-state index contributed by atoms with van der Waals surface area (Å²) in [4.78, 5) is 0.375. The second-order valence-electron chi connectivity index (χ2n) is 5.22. The van der Waals surface area contributed by atoms with Gasteiger partial charge in [-0.1, -0.05) is 48.5 Å². The molecule has 0 saturated carbocycles. The lowest BCUT2D eigenvalue weighted by atomic mass is 10.1. The first-order valence-corrected chi connectivity index (χ1v) is 8.56. The molecule has 2 aromatic rings. The van der Waals surface area contributed by atoms with E-state index in [1.807, 2.05) is 42.5 Å². The van der Waals surface area contributed by atoms with Crippen LogP contribution in [0.1, 0.15) is 11.1 Å². The zero-order valence-electron chi connectivity index (χ0n) is 11.6. The fraction of sp³-hybridized carbons (Fsp3) is 0.176. The van der Waals surface area contributed by atoms with Crippen molar-refractivity contribution in [2.45, 2.75) is 10.6 Å². The predicted molar refractivity (Wildman–Crippen MR) is 84.6 cm³/mol. The normalized spacial score (nSPS) is 14.6. The zero-order valence-corrected chi connectivity index (χ0v) is 12.4. The summed E-state index contributed by atoms with van der Waals surface area (Å²) >= 11 is 0. The van der Waals surface area contributed by atoms with Crippen LogP contribution in [0.4, 0.5) is 0 Å². The maximum Gasteiger partial charge on any atom is 0.182 e. The maximum atomic E-state index is 12.4. The number of sulfone groups is 1. The molecule has 4 heteroatoms. The first-order chi connectivity index (χ1) is 10.1. The Balaban J connectivity index is 1.79. The lowest BCUT2D eigenvalue weighted by Gasteiger charge is -2.18. The Bertz CT molecular complexity index is 741. The number of benzene rings is 2. The van der Waals surface area contributed by atoms with E-state index in [1.54, 1.807) is 12.1 Å². The number of rotatable bonds is 4. The molecule has 2 aromatic carbocycles. The van der Waals surface area contributed by atoms with Crippen molar-refractivity contribution in [2.24, 2.45) is 0 Å². The molecule has 3 nitrogen and oxygen atoms in total. The minimum Gasteiger partial charge on any atom is -0.309 e. The van der Waals surface area contributed by atoms with Crippen LogP contribution in [0.5, 0.6) is 0 Å². The molecule has 0 bridgehead atoms. The van der Waals surface area contributed by atoms with Crippen LogP contribution in [0.2, 0.25) is 0 Å². The summed E-state index contributed by atoms with van der Waals surface area (Å²) in [6.07, 6.45) is 2.10. The summed E-state index contributed by atoms with van der Waals surface area (Å²) in [5.74, 6) is 0.0399. The van der Waals surface area contributed by atoms with E-state index < -0.39 is 9.84 Å². The maximum absolute atomic E-state index is 12.4. The molecule has 3 rings (SSSR count). The van der Waals surface area contributed by atoms with Gasteiger partial charge in [-0.15, -0.1) is 0 Å². The average molecular weight is 299 g/mol. The summed E-state index contributed by atoms with van der Waals surface area (Å²) in [5, 5.41) is 3.18. The zero-order chi connectivity index (χ0) is 14.7. The molecule has 21 heavy (non-hydrogen) atoms. The molecule has 0 spiro atoms.